The maximum absolute atomic E-state index is 6.59. The average molecular weight is 799 g/mol. The van der Waals surface area contributed by atoms with Gasteiger partial charge in [-0.15, -0.1) is 12.8 Å². The summed E-state index contributed by atoms with van der Waals surface area (Å²) in [6.07, 6.45) is 17.3. The number of hydrogen-bond acceptors (Lipinski definition) is 2. The molecule has 0 fully saturated rings. The van der Waals surface area contributed by atoms with E-state index in [1.165, 1.54) is 59.9 Å². The van der Waals surface area contributed by atoms with Crippen molar-refractivity contribution in [2.75, 3.05) is 6.61 Å². The van der Waals surface area contributed by atoms with Crippen LogP contribution in [0.3, 0.4) is 0 Å². The van der Waals surface area contributed by atoms with E-state index < -0.39 is 0 Å². The molecule has 0 N–H and O–H groups in total. The van der Waals surface area contributed by atoms with Crippen molar-refractivity contribution in [2.45, 2.75) is 20.3 Å². The number of benzene rings is 8. The smallest absolute Gasteiger partial charge is 0.143 e. The van der Waals surface area contributed by atoms with Crippen LogP contribution in [-0.4, -0.2) is 15.6 Å². The molecule has 4 heteroatoms. The monoisotopic (exact) mass is 798 g/mol. The largest absolute Gasteiger partial charge is 0.489 e. The molecular formula is C58H42N2O2. The van der Waals surface area contributed by atoms with Gasteiger partial charge in [-0.2, -0.15) is 0 Å². The molecule has 4 aromatic heterocycles. The minimum atomic E-state index is 0.529. The van der Waals surface area contributed by atoms with Crippen molar-refractivity contribution in [2.24, 2.45) is 0 Å². The first-order chi connectivity index (χ1) is 30.8. The number of hydrogen-bond donors (Lipinski definition) is 0. The summed E-state index contributed by atoms with van der Waals surface area (Å²) in [5.74, 6) is 0.947. The molecule has 62 heavy (non-hydrogen) atoms. The summed E-state index contributed by atoms with van der Waals surface area (Å²) < 4.78 is 18.0. The molecule has 1 aliphatic rings. The van der Waals surface area contributed by atoms with Crippen LogP contribution in [-0.2, 0) is 6.42 Å². The number of rotatable bonds is 3. The summed E-state index contributed by atoms with van der Waals surface area (Å²) in [6.45, 7) is 4.53. The average Bonchev–Trinajstić information content (AvgIpc) is 4.10. The third-order valence-electron chi connectivity index (χ3n) is 12.4. The molecule has 0 unspecified atom stereocenters. The molecule has 0 saturated heterocycles. The predicted molar refractivity (Wildman–Crippen MR) is 262 cm³/mol. The lowest BCUT2D eigenvalue weighted by Crippen LogP contribution is -2.00. The molecule has 4 nitrogen and oxygen atoms in total. The van der Waals surface area contributed by atoms with Gasteiger partial charge in [0, 0.05) is 59.9 Å². The van der Waals surface area contributed by atoms with Gasteiger partial charge in [-0.05, 0) is 77.7 Å². The number of fused-ring (bicyclic) bond motifs is 14. The lowest BCUT2D eigenvalue weighted by Gasteiger charge is -2.16. The quantitative estimate of drug-likeness (QED) is 0.167. The van der Waals surface area contributed by atoms with E-state index >= 15 is 0 Å². The second-order valence-corrected chi connectivity index (χ2v) is 15.5. The van der Waals surface area contributed by atoms with Gasteiger partial charge >= 0.3 is 0 Å². The Kier molecular flexibility index (Phi) is 8.91. The Bertz CT molecular complexity index is 3770. The van der Waals surface area contributed by atoms with Gasteiger partial charge in [-0.3, -0.25) is 0 Å². The standard InChI is InChI=1S/C54H34N2O2.C2H6.C2H2/c1-2-8-30-57-53-33(13-3-1)14-10-19-37(53)34-15-9-16-36(31-34)55-46-27-26-35(38-20-11-22-42-40-18-5-7-25-49(40)58-54(38)42)32-44(46)51-47(55)28-29-48-50(51)43-23-12-21-41-39-17-4-6-24-45(39)56(48)52(41)43;2*1-2/h1-12,14-29,31-32H,13,30H2;1-2H3;1-2H/b3-1-,8-2-;;. The zero-order valence-corrected chi connectivity index (χ0v) is 34.6. The summed E-state index contributed by atoms with van der Waals surface area (Å²) in [6, 6.07) is 57.5. The van der Waals surface area contributed by atoms with Crippen LogP contribution in [0.5, 0.6) is 5.75 Å². The first-order valence-corrected chi connectivity index (χ1v) is 21.4. The second kappa shape index (κ2) is 14.9. The van der Waals surface area contributed by atoms with Crippen molar-refractivity contribution >= 4 is 81.8 Å². The van der Waals surface area contributed by atoms with E-state index in [0.717, 1.165) is 67.6 Å². The minimum Gasteiger partial charge on any atom is -0.489 e. The number of terminal acetylenes is 1. The first kappa shape index (κ1) is 37.0. The highest BCUT2D eigenvalue weighted by Crippen LogP contribution is 2.47. The fraction of sp³-hybridized carbons (Fsp3) is 0.0690. The van der Waals surface area contributed by atoms with Crippen molar-refractivity contribution in [1.29, 1.82) is 0 Å². The first-order valence-electron chi connectivity index (χ1n) is 21.4. The molecule has 13 rings (SSSR count). The van der Waals surface area contributed by atoms with Gasteiger partial charge in [0.25, 0.3) is 0 Å². The van der Waals surface area contributed by atoms with E-state index in [4.69, 9.17) is 9.15 Å². The van der Waals surface area contributed by atoms with E-state index in [1.807, 2.05) is 19.9 Å². The fourth-order valence-electron chi connectivity index (χ4n) is 9.95. The van der Waals surface area contributed by atoms with Crippen LogP contribution in [0.15, 0.2) is 186 Å². The SMILES string of the molecule is C#C.C1=C\COc2c(cccc2-c2cccc(-n3c4ccc(-c5cccc6c5oc5ccccc56)cc4c4c5c6cccc7c8ccccc8n(c5ccc43)c76)c2)C\C=C/1.CC. The number of allylic oxidation sites excluding steroid dienone is 3. The molecule has 12 aromatic rings. The van der Waals surface area contributed by atoms with Gasteiger partial charge in [-0.25, -0.2) is 0 Å². The highest BCUT2D eigenvalue weighted by Gasteiger charge is 2.24. The molecule has 0 saturated carbocycles. The summed E-state index contributed by atoms with van der Waals surface area (Å²) in [4.78, 5) is 0. The lowest BCUT2D eigenvalue weighted by atomic mass is 9.98. The van der Waals surface area contributed by atoms with Gasteiger partial charge < -0.3 is 18.1 Å². The molecule has 0 amide bonds. The number of nitrogens with zero attached hydrogens (tertiary/aromatic N) is 2. The van der Waals surface area contributed by atoms with Crippen molar-refractivity contribution in [1.82, 2.24) is 8.97 Å². The van der Waals surface area contributed by atoms with Gasteiger partial charge in [0.15, 0.2) is 0 Å². The molecule has 8 aromatic carbocycles. The molecular weight excluding hydrogens is 757 g/mol. The third kappa shape index (κ3) is 5.42. The second-order valence-electron chi connectivity index (χ2n) is 15.5. The van der Waals surface area contributed by atoms with E-state index in [1.54, 1.807) is 0 Å². The molecule has 0 radical (unpaired) electrons. The Hall–Kier alpha value is -8.00. The summed E-state index contributed by atoms with van der Waals surface area (Å²) in [5, 5.41) is 9.84. The van der Waals surface area contributed by atoms with Gasteiger partial charge in [-0.1, -0.05) is 141 Å². The molecule has 0 aliphatic carbocycles. The normalized spacial score (nSPS) is 13.7. The Labute approximate surface area is 359 Å². The van der Waals surface area contributed by atoms with Crippen LogP contribution in [0.4, 0.5) is 0 Å². The number of ether oxygens (including phenoxy) is 1. The zero-order chi connectivity index (χ0) is 41.9. The van der Waals surface area contributed by atoms with Crippen LogP contribution in [0.2, 0.25) is 0 Å². The summed E-state index contributed by atoms with van der Waals surface area (Å²) in [7, 11) is 0. The van der Waals surface area contributed by atoms with Crippen LogP contribution in [0, 0.1) is 12.8 Å². The van der Waals surface area contributed by atoms with Crippen LogP contribution in [0.25, 0.3) is 110 Å². The fourth-order valence-corrected chi connectivity index (χ4v) is 9.95. The maximum Gasteiger partial charge on any atom is 0.143 e. The van der Waals surface area contributed by atoms with Crippen molar-refractivity contribution in [3.63, 3.8) is 0 Å². The third-order valence-corrected chi connectivity index (χ3v) is 12.4. The summed E-state index contributed by atoms with van der Waals surface area (Å²) >= 11 is 0. The van der Waals surface area contributed by atoms with Crippen LogP contribution >= 0.6 is 0 Å². The number of furan rings is 1. The highest BCUT2D eigenvalue weighted by atomic mass is 16.5. The topological polar surface area (TPSA) is 31.7 Å². The van der Waals surface area contributed by atoms with Gasteiger partial charge in [0.2, 0.25) is 0 Å². The number of para-hydroxylation sites is 5. The minimum absolute atomic E-state index is 0.529. The Morgan fingerprint density at radius 2 is 1.18 bits per heavy atom. The summed E-state index contributed by atoms with van der Waals surface area (Å²) in [5.41, 5.74) is 14.6. The van der Waals surface area contributed by atoms with Crippen LogP contribution in [0.1, 0.15) is 19.4 Å². The zero-order valence-electron chi connectivity index (χ0n) is 34.6. The molecule has 1 aliphatic heterocycles. The van der Waals surface area contributed by atoms with E-state index in [0.29, 0.717) is 6.61 Å². The van der Waals surface area contributed by atoms with E-state index in [2.05, 4.69) is 198 Å². The molecule has 5 heterocycles. The maximum atomic E-state index is 6.59. The van der Waals surface area contributed by atoms with Crippen molar-refractivity contribution in [3.8, 4) is 46.5 Å². The van der Waals surface area contributed by atoms with Gasteiger partial charge in [0.1, 0.15) is 23.5 Å². The highest BCUT2D eigenvalue weighted by molar-refractivity contribution is 6.33. The Morgan fingerprint density at radius 1 is 0.500 bits per heavy atom. The Morgan fingerprint density at radius 3 is 2.10 bits per heavy atom. The predicted octanol–water partition coefficient (Wildman–Crippen LogP) is 15.5. The van der Waals surface area contributed by atoms with E-state index in [-0.39, 0.29) is 0 Å². The van der Waals surface area contributed by atoms with E-state index in [9.17, 15) is 0 Å². The lowest BCUT2D eigenvalue weighted by molar-refractivity contribution is 0.361. The van der Waals surface area contributed by atoms with Crippen LogP contribution < -0.4 is 4.74 Å². The molecule has 0 bridgehead atoms. The molecule has 296 valence electrons. The van der Waals surface area contributed by atoms with Gasteiger partial charge in [0.05, 0.1) is 27.6 Å². The van der Waals surface area contributed by atoms with Crippen molar-refractivity contribution in [3.05, 3.63) is 188 Å². The van der Waals surface area contributed by atoms with Crippen molar-refractivity contribution < 1.29 is 9.15 Å². The molecule has 0 spiro atoms. The number of aromatic nitrogens is 2. The molecule has 0 atom stereocenters. The Balaban J connectivity index is 0.00000105.